The Morgan fingerprint density at radius 3 is 2.45 bits per heavy atom. The molecule has 31 heavy (non-hydrogen) atoms. The predicted molar refractivity (Wildman–Crippen MR) is 117 cm³/mol. The summed E-state index contributed by atoms with van der Waals surface area (Å²) in [6.07, 6.45) is 3.87. The molecule has 5 nitrogen and oxygen atoms in total. The van der Waals surface area contributed by atoms with Gasteiger partial charge in [-0.15, -0.1) is 0 Å². The third-order valence-electron chi connectivity index (χ3n) is 7.54. The molecule has 2 aromatic carbocycles. The molecule has 2 unspecified atom stereocenters. The number of aliphatic hydroxyl groups is 1. The molecule has 2 aromatic rings. The van der Waals surface area contributed by atoms with Crippen molar-refractivity contribution in [3.63, 3.8) is 0 Å². The molecule has 0 aromatic heterocycles. The number of benzene rings is 2. The number of fused-ring (bicyclic) bond motifs is 1. The third-order valence-corrected chi connectivity index (χ3v) is 7.54. The van der Waals surface area contributed by atoms with E-state index in [1.807, 2.05) is 36.4 Å². The minimum absolute atomic E-state index is 0.0367. The highest BCUT2D eigenvalue weighted by Crippen LogP contribution is 2.47. The number of rotatable bonds is 6. The highest BCUT2D eigenvalue weighted by Gasteiger charge is 2.58. The summed E-state index contributed by atoms with van der Waals surface area (Å²) in [6, 6.07) is 14.5. The van der Waals surface area contributed by atoms with Crippen molar-refractivity contribution in [2.75, 3.05) is 18.8 Å². The van der Waals surface area contributed by atoms with Crippen molar-refractivity contribution in [3.05, 3.63) is 65.5 Å². The monoisotopic (exact) mass is 423 g/mol. The smallest absolute Gasteiger partial charge is 0.257 e. The van der Waals surface area contributed by atoms with Gasteiger partial charge in [-0.3, -0.25) is 9.69 Å². The van der Waals surface area contributed by atoms with Crippen LogP contribution in [0.2, 0.25) is 0 Å². The first kappa shape index (κ1) is 20.5. The van der Waals surface area contributed by atoms with E-state index in [4.69, 9.17) is 5.73 Å². The van der Waals surface area contributed by atoms with Crippen LogP contribution in [0.15, 0.2) is 48.5 Å². The Kier molecular flexibility index (Phi) is 5.22. The predicted octanol–water partition coefficient (Wildman–Crippen LogP) is 3.03. The van der Waals surface area contributed by atoms with Gasteiger partial charge in [0, 0.05) is 31.6 Å². The van der Waals surface area contributed by atoms with Crippen molar-refractivity contribution in [2.24, 2.45) is 17.8 Å². The van der Waals surface area contributed by atoms with Crippen molar-refractivity contribution in [2.45, 2.75) is 43.9 Å². The van der Waals surface area contributed by atoms with E-state index < -0.39 is 5.60 Å². The Labute approximate surface area is 182 Å². The van der Waals surface area contributed by atoms with Gasteiger partial charge in [-0.1, -0.05) is 49.2 Å². The largest absolute Gasteiger partial charge is 0.396 e. The summed E-state index contributed by atoms with van der Waals surface area (Å²) in [5.41, 5.74) is 5.87. The van der Waals surface area contributed by atoms with E-state index in [0.29, 0.717) is 23.9 Å². The minimum Gasteiger partial charge on any atom is -0.396 e. The van der Waals surface area contributed by atoms with Gasteiger partial charge in [0.15, 0.2) is 5.60 Å². The van der Waals surface area contributed by atoms with Crippen LogP contribution >= 0.6 is 0 Å². The first-order chi connectivity index (χ1) is 15.0. The van der Waals surface area contributed by atoms with Gasteiger partial charge < -0.3 is 16.2 Å². The highest BCUT2D eigenvalue weighted by atomic mass is 19.1. The summed E-state index contributed by atoms with van der Waals surface area (Å²) in [6.45, 7) is 2.42. The summed E-state index contributed by atoms with van der Waals surface area (Å²) < 4.78 is 13.7. The first-order valence-corrected chi connectivity index (χ1v) is 11.3. The Morgan fingerprint density at radius 1 is 1.13 bits per heavy atom. The van der Waals surface area contributed by atoms with Gasteiger partial charge in [0.1, 0.15) is 5.82 Å². The molecule has 2 aliphatic carbocycles. The van der Waals surface area contributed by atoms with Crippen LogP contribution in [0.5, 0.6) is 0 Å². The molecule has 4 N–H and O–H groups in total. The molecule has 1 heterocycles. The van der Waals surface area contributed by atoms with Crippen LogP contribution in [0.3, 0.4) is 0 Å². The normalized spacial score (nSPS) is 27.6. The highest BCUT2D eigenvalue weighted by molar-refractivity contribution is 5.87. The number of hydrogen-bond donors (Lipinski definition) is 3. The fourth-order valence-electron chi connectivity index (χ4n) is 5.73. The average molecular weight is 424 g/mol. The second-order valence-electron chi connectivity index (χ2n) is 9.49. The summed E-state index contributed by atoms with van der Waals surface area (Å²) in [5.74, 6) is 0.124. The lowest BCUT2D eigenvalue weighted by Gasteiger charge is -2.33. The van der Waals surface area contributed by atoms with E-state index in [0.717, 1.165) is 44.3 Å². The summed E-state index contributed by atoms with van der Waals surface area (Å²) in [5, 5.41) is 14.8. The number of carbonyl (C=O) groups excluding carboxylic acids is 1. The fraction of sp³-hybridized carbons (Fsp3) is 0.480. The summed E-state index contributed by atoms with van der Waals surface area (Å²) in [4.78, 5) is 15.6. The van der Waals surface area contributed by atoms with Gasteiger partial charge in [-0.25, -0.2) is 4.39 Å². The fourth-order valence-corrected chi connectivity index (χ4v) is 5.73. The minimum atomic E-state index is -1.46. The second-order valence-corrected chi connectivity index (χ2v) is 9.49. The zero-order valence-corrected chi connectivity index (χ0v) is 17.6. The molecule has 0 spiro atoms. The van der Waals surface area contributed by atoms with Crippen molar-refractivity contribution in [1.82, 2.24) is 10.2 Å². The van der Waals surface area contributed by atoms with E-state index in [9.17, 15) is 14.3 Å². The van der Waals surface area contributed by atoms with Crippen molar-refractivity contribution in [3.8, 4) is 0 Å². The zero-order valence-electron chi connectivity index (χ0n) is 17.6. The zero-order chi connectivity index (χ0) is 21.6. The molecule has 1 aliphatic heterocycles. The van der Waals surface area contributed by atoms with Crippen molar-refractivity contribution >= 4 is 11.6 Å². The Bertz CT molecular complexity index is 950. The van der Waals surface area contributed by atoms with Crippen LogP contribution in [-0.4, -0.2) is 35.0 Å². The number of nitrogen functional groups attached to an aromatic ring is 1. The molecule has 1 saturated heterocycles. The molecule has 0 radical (unpaired) electrons. The van der Waals surface area contributed by atoms with E-state index in [1.54, 1.807) is 6.07 Å². The number of nitrogens with zero attached hydrogens (tertiary/aromatic N) is 1. The lowest BCUT2D eigenvalue weighted by molar-refractivity contribution is -0.147. The molecular formula is C25H30FN3O2. The number of hydrogen-bond acceptors (Lipinski definition) is 4. The Morgan fingerprint density at radius 2 is 1.81 bits per heavy atom. The number of halogens is 1. The maximum Gasteiger partial charge on any atom is 0.257 e. The molecule has 3 fully saturated rings. The molecule has 6 heteroatoms. The summed E-state index contributed by atoms with van der Waals surface area (Å²) >= 11 is 0. The molecular weight excluding hydrogens is 393 g/mol. The summed E-state index contributed by atoms with van der Waals surface area (Å²) in [7, 11) is 0. The van der Waals surface area contributed by atoms with Gasteiger partial charge in [0.05, 0.1) is 5.69 Å². The maximum atomic E-state index is 13.7. The van der Waals surface area contributed by atoms with Crippen LogP contribution in [0.1, 0.15) is 36.8 Å². The van der Waals surface area contributed by atoms with E-state index in [-0.39, 0.29) is 29.4 Å². The van der Waals surface area contributed by atoms with Crippen LogP contribution in [0, 0.1) is 23.6 Å². The maximum absolute atomic E-state index is 13.7. The number of amides is 1. The molecule has 1 amide bonds. The van der Waals surface area contributed by atoms with Crippen LogP contribution in [-0.2, 0) is 16.9 Å². The number of nitrogens with two attached hydrogens (primary N) is 1. The Balaban J connectivity index is 1.22. The topological polar surface area (TPSA) is 78.6 Å². The third kappa shape index (κ3) is 3.72. The van der Waals surface area contributed by atoms with Crippen LogP contribution in [0.4, 0.5) is 10.1 Å². The van der Waals surface area contributed by atoms with Gasteiger partial charge in [-0.05, 0) is 47.9 Å². The molecule has 4 atom stereocenters. The number of carbonyl (C=O) groups is 1. The van der Waals surface area contributed by atoms with Gasteiger partial charge in [0.2, 0.25) is 0 Å². The van der Waals surface area contributed by atoms with E-state index in [1.165, 1.54) is 6.07 Å². The van der Waals surface area contributed by atoms with Gasteiger partial charge >= 0.3 is 0 Å². The van der Waals surface area contributed by atoms with E-state index in [2.05, 4.69) is 10.2 Å². The standard InChI is InChI=1S/C25H30FN3O2/c26-21-12-16(10-11-22(21)27)13-29-14-19-20(15-29)23(19)28-24(30)25(31,18-8-4-5-9-18)17-6-2-1-3-7-17/h1-3,6-7,10-12,18-20,23,31H,4-5,8-9,13-15,27H2,(H,28,30)/t19-,20?,23+,25?/m0/s1. The van der Waals surface area contributed by atoms with Crippen LogP contribution in [0.25, 0.3) is 0 Å². The van der Waals surface area contributed by atoms with Gasteiger partial charge in [0.25, 0.3) is 5.91 Å². The molecule has 2 saturated carbocycles. The molecule has 3 aliphatic rings. The lowest BCUT2D eigenvalue weighted by atomic mass is 9.79. The van der Waals surface area contributed by atoms with E-state index >= 15 is 0 Å². The average Bonchev–Trinajstić information content (AvgIpc) is 3.18. The Hall–Kier alpha value is -2.44. The number of likely N-dealkylation sites (tertiary alicyclic amines) is 1. The second kappa shape index (κ2) is 7.92. The number of anilines is 1. The lowest BCUT2D eigenvalue weighted by Crippen LogP contribution is -2.50. The molecule has 5 rings (SSSR count). The SMILES string of the molecule is Nc1ccc(CN2CC3[C@H](C2)[C@H]3NC(=O)C(O)(c2ccccc2)C2CCCC2)cc1F. The van der Waals surface area contributed by atoms with Crippen LogP contribution < -0.4 is 11.1 Å². The number of piperidine rings is 1. The molecule has 0 bridgehead atoms. The molecule has 164 valence electrons. The quantitative estimate of drug-likeness (QED) is 0.624. The van der Waals surface area contributed by atoms with Gasteiger partial charge in [-0.2, -0.15) is 0 Å². The number of nitrogens with one attached hydrogen (secondary N) is 1. The first-order valence-electron chi connectivity index (χ1n) is 11.3. The van der Waals surface area contributed by atoms with Crippen molar-refractivity contribution in [1.29, 1.82) is 0 Å². The van der Waals surface area contributed by atoms with Crippen molar-refractivity contribution < 1.29 is 14.3 Å².